The molecule has 2 aromatic heterocycles. The predicted octanol–water partition coefficient (Wildman–Crippen LogP) is 3.12. The van der Waals surface area contributed by atoms with Gasteiger partial charge in [0, 0.05) is 12.2 Å². The molecule has 1 N–H and O–H groups in total. The lowest BCUT2D eigenvalue weighted by Gasteiger charge is -2.09. The molecule has 2 heterocycles. The molecule has 3 aromatic rings. The number of thiophene rings is 1. The second-order valence-electron chi connectivity index (χ2n) is 5.69. The zero-order chi connectivity index (χ0) is 18.4. The first-order valence-corrected chi connectivity index (χ1v) is 9.15. The summed E-state index contributed by atoms with van der Waals surface area (Å²) in [7, 11) is 1.61. The van der Waals surface area contributed by atoms with E-state index in [1.807, 2.05) is 23.1 Å². The summed E-state index contributed by atoms with van der Waals surface area (Å²) in [6, 6.07) is 13.2. The van der Waals surface area contributed by atoms with Crippen LogP contribution in [0, 0.1) is 6.92 Å². The van der Waals surface area contributed by atoms with E-state index >= 15 is 0 Å². The van der Waals surface area contributed by atoms with Gasteiger partial charge >= 0.3 is 0 Å². The fourth-order valence-corrected chi connectivity index (χ4v) is 3.14. The number of carbonyl (C=O) groups is 1. The van der Waals surface area contributed by atoms with Crippen molar-refractivity contribution in [3.63, 3.8) is 0 Å². The summed E-state index contributed by atoms with van der Waals surface area (Å²) in [4.78, 5) is 13.1. The van der Waals surface area contributed by atoms with Gasteiger partial charge in [0.2, 0.25) is 0 Å². The van der Waals surface area contributed by atoms with Crippen LogP contribution in [-0.4, -0.2) is 35.9 Å². The first-order chi connectivity index (χ1) is 12.7. The first kappa shape index (κ1) is 18.0. The molecule has 0 aliphatic heterocycles. The van der Waals surface area contributed by atoms with Gasteiger partial charge in [-0.2, -0.15) is 5.10 Å². The molecule has 1 amide bonds. The summed E-state index contributed by atoms with van der Waals surface area (Å²) in [6.45, 7) is 3.10. The van der Waals surface area contributed by atoms with E-state index in [4.69, 9.17) is 9.47 Å². The molecule has 0 bridgehead atoms. The van der Waals surface area contributed by atoms with Crippen molar-refractivity contribution in [3.8, 4) is 22.1 Å². The number of methoxy groups -OCH3 is 1. The minimum atomic E-state index is -0.163. The fourth-order valence-electron chi connectivity index (χ4n) is 2.45. The molecule has 0 aliphatic carbocycles. The van der Waals surface area contributed by atoms with E-state index in [1.54, 1.807) is 42.7 Å². The molecule has 7 heteroatoms. The Kier molecular flexibility index (Phi) is 5.91. The lowest BCUT2D eigenvalue weighted by atomic mass is 10.3. The molecule has 1 aromatic carbocycles. The van der Waals surface area contributed by atoms with E-state index in [0.717, 1.165) is 22.0 Å². The zero-order valence-electron chi connectivity index (χ0n) is 14.8. The Balaban J connectivity index is 1.43. The maximum Gasteiger partial charge on any atom is 0.258 e. The molecule has 6 nitrogen and oxygen atoms in total. The maximum atomic E-state index is 11.9. The van der Waals surface area contributed by atoms with Crippen molar-refractivity contribution in [1.29, 1.82) is 0 Å². The van der Waals surface area contributed by atoms with E-state index in [2.05, 4.69) is 22.5 Å². The molecule has 0 spiro atoms. The molecule has 0 radical (unpaired) electrons. The summed E-state index contributed by atoms with van der Waals surface area (Å²) in [5.74, 6) is 1.21. The van der Waals surface area contributed by atoms with Gasteiger partial charge in [-0.3, -0.25) is 9.48 Å². The van der Waals surface area contributed by atoms with Crippen molar-refractivity contribution in [3.05, 3.63) is 53.5 Å². The summed E-state index contributed by atoms with van der Waals surface area (Å²) < 4.78 is 12.4. The molecule has 0 aliphatic rings. The Morgan fingerprint density at radius 3 is 2.69 bits per heavy atom. The van der Waals surface area contributed by atoms with E-state index in [0.29, 0.717) is 18.8 Å². The van der Waals surface area contributed by atoms with Crippen LogP contribution in [0.2, 0.25) is 0 Å². The molecule has 0 saturated heterocycles. The molecular weight excluding hydrogens is 350 g/mol. The van der Waals surface area contributed by atoms with Gasteiger partial charge in [0.25, 0.3) is 5.91 Å². The number of aryl methyl sites for hydroxylation is 1. The Morgan fingerprint density at radius 2 is 2.00 bits per heavy atom. The van der Waals surface area contributed by atoms with Crippen molar-refractivity contribution >= 4 is 17.2 Å². The molecule has 0 atom stereocenters. The highest BCUT2D eigenvalue weighted by atomic mass is 32.1. The van der Waals surface area contributed by atoms with Crippen LogP contribution >= 0.6 is 11.3 Å². The minimum Gasteiger partial charge on any atom is -0.497 e. The summed E-state index contributed by atoms with van der Waals surface area (Å²) in [5, 5.41) is 9.47. The van der Waals surface area contributed by atoms with E-state index in [1.165, 1.54) is 0 Å². The molecule has 0 fully saturated rings. The van der Waals surface area contributed by atoms with E-state index in [9.17, 15) is 4.79 Å². The van der Waals surface area contributed by atoms with Crippen LogP contribution in [0.15, 0.2) is 47.8 Å². The highest BCUT2D eigenvalue weighted by molar-refractivity contribution is 7.13. The number of aromatic nitrogens is 2. The van der Waals surface area contributed by atoms with Crippen LogP contribution in [0.4, 0.5) is 0 Å². The van der Waals surface area contributed by atoms with Crippen LogP contribution in [0.5, 0.6) is 11.5 Å². The van der Waals surface area contributed by atoms with Crippen molar-refractivity contribution in [1.82, 2.24) is 15.1 Å². The van der Waals surface area contributed by atoms with Crippen LogP contribution in [-0.2, 0) is 11.3 Å². The zero-order valence-corrected chi connectivity index (χ0v) is 15.6. The number of nitrogens with zero attached hydrogens (tertiary/aromatic N) is 2. The van der Waals surface area contributed by atoms with Gasteiger partial charge < -0.3 is 14.8 Å². The molecule has 26 heavy (non-hydrogen) atoms. The summed E-state index contributed by atoms with van der Waals surface area (Å²) in [6.07, 6.45) is 0. The van der Waals surface area contributed by atoms with Gasteiger partial charge in [0.05, 0.1) is 18.5 Å². The highest BCUT2D eigenvalue weighted by Crippen LogP contribution is 2.23. The van der Waals surface area contributed by atoms with Gasteiger partial charge in [-0.15, -0.1) is 11.3 Å². The lowest BCUT2D eigenvalue weighted by Crippen LogP contribution is -2.31. The van der Waals surface area contributed by atoms with Crippen LogP contribution in [0.1, 0.15) is 5.69 Å². The first-order valence-electron chi connectivity index (χ1n) is 8.27. The Hall–Kier alpha value is -2.80. The number of carbonyl (C=O) groups excluding carboxylic acids is 1. The predicted molar refractivity (Wildman–Crippen MR) is 102 cm³/mol. The maximum absolute atomic E-state index is 11.9. The van der Waals surface area contributed by atoms with Gasteiger partial charge in [-0.25, -0.2) is 0 Å². The Bertz CT molecular complexity index is 842. The molecule has 0 saturated carbocycles. The van der Waals surface area contributed by atoms with Crippen molar-refractivity contribution in [2.45, 2.75) is 13.5 Å². The quantitative estimate of drug-likeness (QED) is 0.661. The average molecular weight is 371 g/mol. The lowest BCUT2D eigenvalue weighted by molar-refractivity contribution is -0.123. The third-order valence-corrected chi connectivity index (χ3v) is 4.72. The Morgan fingerprint density at radius 1 is 1.23 bits per heavy atom. The SMILES string of the molecule is COc1ccc(OCC(=O)NCCn2nc(-c3cccs3)cc2C)cc1. The van der Waals surface area contributed by atoms with Crippen LogP contribution < -0.4 is 14.8 Å². The third kappa shape index (κ3) is 4.64. The number of hydrogen-bond donors (Lipinski definition) is 1. The fraction of sp³-hybridized carbons (Fsp3) is 0.263. The average Bonchev–Trinajstić information content (AvgIpc) is 3.31. The topological polar surface area (TPSA) is 65.4 Å². The highest BCUT2D eigenvalue weighted by Gasteiger charge is 2.08. The smallest absolute Gasteiger partial charge is 0.258 e. The normalized spacial score (nSPS) is 10.5. The summed E-state index contributed by atoms with van der Waals surface area (Å²) in [5.41, 5.74) is 2.03. The molecule has 3 rings (SSSR count). The standard InChI is InChI=1S/C19H21N3O3S/c1-14-12-17(18-4-3-11-26-18)21-22(14)10-9-20-19(23)13-25-16-7-5-15(24-2)6-8-16/h3-8,11-12H,9-10,13H2,1-2H3,(H,20,23). The molecular formula is C19H21N3O3S. The molecule has 136 valence electrons. The largest absolute Gasteiger partial charge is 0.497 e. The number of hydrogen-bond acceptors (Lipinski definition) is 5. The number of benzene rings is 1. The minimum absolute atomic E-state index is 0.0230. The van der Waals surface area contributed by atoms with Crippen LogP contribution in [0.3, 0.4) is 0 Å². The number of ether oxygens (including phenoxy) is 2. The second-order valence-corrected chi connectivity index (χ2v) is 6.63. The second kappa shape index (κ2) is 8.53. The number of amides is 1. The van der Waals surface area contributed by atoms with Gasteiger partial charge in [-0.05, 0) is 48.7 Å². The Labute approximate surface area is 156 Å². The number of rotatable bonds is 8. The monoisotopic (exact) mass is 371 g/mol. The van der Waals surface area contributed by atoms with Gasteiger partial charge in [0.15, 0.2) is 6.61 Å². The summed E-state index contributed by atoms with van der Waals surface area (Å²) >= 11 is 1.66. The van der Waals surface area contributed by atoms with Crippen LogP contribution in [0.25, 0.3) is 10.6 Å². The number of nitrogens with one attached hydrogen (secondary N) is 1. The van der Waals surface area contributed by atoms with E-state index < -0.39 is 0 Å². The molecule has 0 unspecified atom stereocenters. The van der Waals surface area contributed by atoms with Crippen molar-refractivity contribution in [2.75, 3.05) is 20.3 Å². The van der Waals surface area contributed by atoms with Crippen molar-refractivity contribution in [2.24, 2.45) is 0 Å². The van der Waals surface area contributed by atoms with Crippen molar-refractivity contribution < 1.29 is 14.3 Å². The van der Waals surface area contributed by atoms with Gasteiger partial charge in [-0.1, -0.05) is 6.07 Å². The van der Waals surface area contributed by atoms with Gasteiger partial charge in [0.1, 0.15) is 17.2 Å². The van der Waals surface area contributed by atoms with E-state index in [-0.39, 0.29) is 12.5 Å². The third-order valence-electron chi connectivity index (χ3n) is 3.83.